The summed E-state index contributed by atoms with van der Waals surface area (Å²) < 4.78 is 37.4. The summed E-state index contributed by atoms with van der Waals surface area (Å²) in [6, 6.07) is 20.3. The van der Waals surface area contributed by atoms with Gasteiger partial charge in [0.2, 0.25) is 0 Å². The van der Waals surface area contributed by atoms with Gasteiger partial charge in [0.25, 0.3) is 14.4 Å². The van der Waals surface area contributed by atoms with Gasteiger partial charge >= 0.3 is 11.7 Å². The highest BCUT2D eigenvalue weighted by Crippen LogP contribution is 2.50. The normalized spacial score (nSPS) is 20.1. The summed E-state index contributed by atoms with van der Waals surface area (Å²) in [5.41, 5.74) is -0.138. The number of nitriles is 1. The number of halogens is 1. The Balaban J connectivity index is 1.57. The predicted octanol–water partition coefficient (Wildman–Crippen LogP) is 5.97. The number of anilines is 1. The van der Waals surface area contributed by atoms with Crippen molar-refractivity contribution in [3.63, 3.8) is 0 Å². The van der Waals surface area contributed by atoms with Crippen molar-refractivity contribution in [1.82, 2.24) is 14.2 Å². The number of amides is 1. The van der Waals surface area contributed by atoms with Gasteiger partial charge in [-0.1, -0.05) is 36.4 Å². The Bertz CT molecular complexity index is 1550. The number of nitrogens with one attached hydrogen (secondary N) is 1. The van der Waals surface area contributed by atoms with Gasteiger partial charge in [-0.3, -0.25) is 9.36 Å². The quantitative estimate of drug-likeness (QED) is 0.124. The predicted molar refractivity (Wildman–Crippen MR) is 175 cm³/mol. The number of thioether (sulfide) groups is 1. The SMILES string of the molecule is CC(C)N(C(C)C)P(OCCC#N)OC[C@H]1SC(n2ccc(NC(=O)c3ccccc3)nc2=O)[C@@H](F)[C@@H]1OC(=O)c1ccccc1. The molecule has 3 aromatic rings. The Labute approximate surface area is 273 Å². The van der Waals surface area contributed by atoms with Crippen molar-refractivity contribution in [3.8, 4) is 6.07 Å². The molecular weight excluding hydrogens is 632 g/mol. The lowest BCUT2D eigenvalue weighted by Crippen LogP contribution is -2.38. The molecule has 2 unspecified atom stereocenters. The van der Waals surface area contributed by atoms with Crippen LogP contribution in [0.1, 0.15) is 60.2 Å². The highest BCUT2D eigenvalue weighted by molar-refractivity contribution is 8.00. The van der Waals surface area contributed by atoms with Crippen LogP contribution in [0.15, 0.2) is 77.7 Å². The molecule has 1 amide bonds. The van der Waals surface area contributed by atoms with E-state index in [4.69, 9.17) is 19.0 Å². The van der Waals surface area contributed by atoms with E-state index < -0.39 is 49.0 Å². The molecule has 46 heavy (non-hydrogen) atoms. The van der Waals surface area contributed by atoms with E-state index >= 15 is 4.39 Å². The first-order valence-corrected chi connectivity index (χ1v) is 16.9. The zero-order chi connectivity index (χ0) is 33.2. The number of alkyl halides is 1. The topological polar surface area (TPSA) is 136 Å². The smallest absolute Gasteiger partial charge is 0.350 e. The minimum atomic E-state index is -1.80. The van der Waals surface area contributed by atoms with Crippen LogP contribution >= 0.6 is 20.3 Å². The van der Waals surface area contributed by atoms with Crippen LogP contribution in [-0.2, 0) is 13.8 Å². The molecule has 2 heterocycles. The van der Waals surface area contributed by atoms with Crippen molar-refractivity contribution in [3.05, 3.63) is 94.5 Å². The third-order valence-electron chi connectivity index (χ3n) is 6.91. The number of carbonyl (C=O) groups excluding carboxylic acids is 2. The molecule has 5 atom stereocenters. The van der Waals surface area contributed by atoms with Crippen LogP contribution in [0.25, 0.3) is 0 Å². The summed E-state index contributed by atoms with van der Waals surface area (Å²) >= 11 is 1.09. The molecule has 244 valence electrons. The zero-order valence-electron chi connectivity index (χ0n) is 26.0. The third-order valence-corrected chi connectivity index (χ3v) is 10.5. The molecule has 0 spiro atoms. The Morgan fingerprint density at radius 2 is 1.67 bits per heavy atom. The number of hydrogen-bond donors (Lipinski definition) is 1. The molecule has 4 rings (SSSR count). The van der Waals surface area contributed by atoms with Crippen molar-refractivity contribution < 1.29 is 27.8 Å². The van der Waals surface area contributed by atoms with Crippen LogP contribution in [-0.4, -0.2) is 68.9 Å². The number of benzene rings is 2. The maximum atomic E-state index is 16.3. The fourth-order valence-electron chi connectivity index (χ4n) is 4.86. The van der Waals surface area contributed by atoms with Gasteiger partial charge in [-0.15, -0.1) is 11.8 Å². The van der Waals surface area contributed by atoms with Gasteiger partial charge in [-0.05, 0) is 58.0 Å². The monoisotopic (exact) mass is 669 g/mol. The van der Waals surface area contributed by atoms with E-state index in [1.54, 1.807) is 60.7 Å². The van der Waals surface area contributed by atoms with Gasteiger partial charge in [0.05, 0.1) is 36.5 Å². The maximum Gasteiger partial charge on any atom is 0.350 e. The summed E-state index contributed by atoms with van der Waals surface area (Å²) in [5, 5.41) is 9.79. The molecule has 0 radical (unpaired) electrons. The largest absolute Gasteiger partial charge is 0.454 e. The molecule has 0 saturated carbocycles. The maximum absolute atomic E-state index is 16.3. The number of carbonyl (C=O) groups is 2. The molecule has 0 aliphatic carbocycles. The molecule has 11 nitrogen and oxygen atoms in total. The second-order valence-corrected chi connectivity index (χ2v) is 13.7. The number of rotatable bonds is 14. The van der Waals surface area contributed by atoms with E-state index in [1.807, 2.05) is 32.4 Å². The summed E-state index contributed by atoms with van der Waals surface area (Å²) in [7, 11) is -1.65. The second kappa shape index (κ2) is 16.8. The van der Waals surface area contributed by atoms with Crippen molar-refractivity contribution in [2.45, 2.75) is 69.1 Å². The lowest BCUT2D eigenvalue weighted by atomic mass is 10.1. The molecule has 14 heteroatoms. The van der Waals surface area contributed by atoms with E-state index in [-0.39, 0.29) is 43.1 Å². The molecule has 1 fully saturated rings. The first-order valence-electron chi connectivity index (χ1n) is 14.8. The summed E-state index contributed by atoms with van der Waals surface area (Å²) in [6.45, 7) is 8.10. The van der Waals surface area contributed by atoms with E-state index in [9.17, 15) is 14.4 Å². The fraction of sp³-hybridized carbons (Fsp3) is 0.406. The highest BCUT2D eigenvalue weighted by atomic mass is 32.2. The van der Waals surface area contributed by atoms with Crippen molar-refractivity contribution in [2.24, 2.45) is 0 Å². The lowest BCUT2D eigenvalue weighted by molar-refractivity contribution is 0.00238. The summed E-state index contributed by atoms with van der Waals surface area (Å²) in [4.78, 5) is 42.7. The van der Waals surface area contributed by atoms with Gasteiger partial charge in [-0.2, -0.15) is 10.2 Å². The van der Waals surface area contributed by atoms with Crippen molar-refractivity contribution in [1.29, 1.82) is 5.26 Å². The summed E-state index contributed by atoms with van der Waals surface area (Å²) in [5.74, 6) is -1.13. The lowest BCUT2D eigenvalue weighted by Gasteiger charge is -2.36. The number of nitrogens with zero attached hydrogens (tertiary/aromatic N) is 4. The van der Waals surface area contributed by atoms with Crippen LogP contribution in [0.5, 0.6) is 0 Å². The molecule has 2 aromatic carbocycles. The minimum absolute atomic E-state index is 0.0167. The van der Waals surface area contributed by atoms with Crippen LogP contribution < -0.4 is 11.0 Å². The van der Waals surface area contributed by atoms with Gasteiger partial charge < -0.3 is 19.1 Å². The van der Waals surface area contributed by atoms with Gasteiger partial charge in [0, 0.05) is 23.8 Å². The van der Waals surface area contributed by atoms with Crippen molar-refractivity contribution in [2.75, 3.05) is 18.5 Å². The minimum Gasteiger partial charge on any atom is -0.454 e. The fourth-order valence-corrected chi connectivity index (χ4v) is 8.06. The van der Waals surface area contributed by atoms with E-state index in [1.165, 1.54) is 12.3 Å². The van der Waals surface area contributed by atoms with Crippen LogP contribution in [0.4, 0.5) is 10.2 Å². The molecular formula is C32H37FN5O6PS. The number of hydrogen-bond acceptors (Lipinski definition) is 10. The molecule has 1 N–H and O–H groups in total. The van der Waals surface area contributed by atoms with Gasteiger partial charge in [0.15, 0.2) is 12.3 Å². The second-order valence-electron chi connectivity index (χ2n) is 10.9. The van der Waals surface area contributed by atoms with Crippen LogP contribution in [0.2, 0.25) is 0 Å². The summed E-state index contributed by atoms with van der Waals surface area (Å²) in [6.07, 6.45) is -1.54. The highest BCUT2D eigenvalue weighted by Gasteiger charge is 2.49. The van der Waals surface area contributed by atoms with Gasteiger partial charge in [0.1, 0.15) is 11.2 Å². The molecule has 1 aliphatic rings. The average Bonchev–Trinajstić information content (AvgIpc) is 3.34. The van der Waals surface area contributed by atoms with Crippen LogP contribution in [0, 0.1) is 11.3 Å². The average molecular weight is 670 g/mol. The first-order chi connectivity index (χ1) is 22.1. The number of ether oxygens (including phenoxy) is 1. The Morgan fingerprint density at radius 3 is 2.26 bits per heavy atom. The molecule has 1 aliphatic heterocycles. The van der Waals surface area contributed by atoms with Crippen molar-refractivity contribution >= 4 is 38.0 Å². The number of esters is 1. The van der Waals surface area contributed by atoms with E-state index in [2.05, 4.69) is 16.4 Å². The zero-order valence-corrected chi connectivity index (χ0v) is 27.7. The number of aromatic nitrogens is 2. The molecule has 1 saturated heterocycles. The van der Waals surface area contributed by atoms with Crippen LogP contribution in [0.3, 0.4) is 0 Å². The Hall–Kier alpha value is -3.66. The van der Waals surface area contributed by atoms with E-state index in [0.717, 1.165) is 16.3 Å². The van der Waals surface area contributed by atoms with Gasteiger partial charge in [-0.25, -0.2) is 18.6 Å². The van der Waals surface area contributed by atoms with E-state index in [0.29, 0.717) is 5.56 Å². The Morgan fingerprint density at radius 1 is 1.04 bits per heavy atom. The third kappa shape index (κ3) is 8.99. The standard InChI is InChI=1S/C32H37FN5O6PS/c1-21(2)38(22(3)4)45(42-19-11-17-34)43-20-25-28(44-31(40)24-14-9-6-10-15-24)27(33)30(46-25)37-18-16-26(36-32(37)41)35-29(39)23-12-7-5-8-13-23/h5-10,12-16,18,21-22,25,27-28,30H,11,19-20H2,1-4H3,(H,35,36,39,41)/t25-,27+,28-,30?,45?/m1/s1. The molecule has 0 bridgehead atoms. The Kier molecular flexibility index (Phi) is 12.8. The first kappa shape index (κ1) is 35.2. The molecule has 1 aromatic heterocycles.